The Hall–Kier alpha value is -2.08. The summed E-state index contributed by atoms with van der Waals surface area (Å²) in [4.78, 5) is 22.8. The van der Waals surface area contributed by atoms with Gasteiger partial charge < -0.3 is 20.8 Å². The van der Waals surface area contributed by atoms with Gasteiger partial charge in [0, 0.05) is 12.5 Å². The predicted octanol–water partition coefficient (Wildman–Crippen LogP) is 0.502. The fraction of sp³-hybridized carbons (Fsp3) is 0.429. The largest absolute Gasteiger partial charge is 0.508 e. The van der Waals surface area contributed by atoms with Crippen molar-refractivity contribution in [3.63, 3.8) is 0 Å². The van der Waals surface area contributed by atoms with Gasteiger partial charge in [-0.05, 0) is 17.7 Å². The molecule has 0 radical (unpaired) electrons. The lowest BCUT2D eigenvalue weighted by Gasteiger charge is -2.15. The van der Waals surface area contributed by atoms with Crippen LogP contribution >= 0.6 is 0 Å². The number of phenols is 1. The maximum atomic E-state index is 11.6. The van der Waals surface area contributed by atoms with E-state index in [2.05, 4.69) is 10.6 Å². The highest BCUT2D eigenvalue weighted by molar-refractivity contribution is 5.84. The Labute approximate surface area is 117 Å². The highest BCUT2D eigenvalue weighted by Gasteiger charge is 2.20. The van der Waals surface area contributed by atoms with E-state index in [9.17, 15) is 14.7 Å². The van der Waals surface area contributed by atoms with Crippen LogP contribution in [0.4, 0.5) is 0 Å². The number of hydrogen-bond acceptors (Lipinski definition) is 4. The summed E-state index contributed by atoms with van der Waals surface area (Å²) in [5, 5.41) is 23.7. The van der Waals surface area contributed by atoms with Crippen LogP contribution in [0, 0.1) is 0 Å². The van der Waals surface area contributed by atoms with Crippen LogP contribution in [0.1, 0.15) is 19.4 Å². The van der Waals surface area contributed by atoms with Gasteiger partial charge in [-0.1, -0.05) is 26.0 Å². The molecule has 4 N–H and O–H groups in total. The lowest BCUT2D eigenvalue weighted by molar-refractivity contribution is -0.141. The fourth-order valence-corrected chi connectivity index (χ4v) is 1.61. The standard InChI is InChI=1S/C14H20N2O4/c1-9(2)15-8-13(18)16-12(14(19)20)7-10-3-5-11(17)6-4-10/h3-6,9,12,15,17H,7-8H2,1-2H3,(H,16,18)(H,19,20)/t12-/m0/s1. The molecule has 1 aromatic rings. The summed E-state index contributed by atoms with van der Waals surface area (Å²) in [6.45, 7) is 3.88. The zero-order chi connectivity index (χ0) is 15.1. The van der Waals surface area contributed by atoms with E-state index in [-0.39, 0.29) is 30.7 Å². The number of carboxylic acids is 1. The Kier molecular flexibility index (Phi) is 5.99. The fourth-order valence-electron chi connectivity index (χ4n) is 1.61. The van der Waals surface area contributed by atoms with E-state index in [1.54, 1.807) is 12.1 Å². The van der Waals surface area contributed by atoms with E-state index >= 15 is 0 Å². The third-order valence-corrected chi connectivity index (χ3v) is 2.68. The number of phenolic OH excluding ortho intramolecular Hbond substituents is 1. The Morgan fingerprint density at radius 2 is 1.80 bits per heavy atom. The number of hydrogen-bond donors (Lipinski definition) is 4. The normalized spacial score (nSPS) is 12.2. The van der Waals surface area contributed by atoms with Crippen molar-refractivity contribution in [3.05, 3.63) is 29.8 Å². The number of carboxylic acid groups (broad SMARTS) is 1. The lowest BCUT2D eigenvalue weighted by Crippen LogP contribution is -2.46. The molecule has 0 spiro atoms. The molecule has 0 heterocycles. The zero-order valence-corrected chi connectivity index (χ0v) is 11.6. The molecule has 6 heteroatoms. The summed E-state index contributed by atoms with van der Waals surface area (Å²) in [6, 6.07) is 5.39. The molecule has 0 aliphatic heterocycles. The van der Waals surface area contributed by atoms with Gasteiger partial charge in [-0.25, -0.2) is 4.79 Å². The first-order valence-corrected chi connectivity index (χ1v) is 6.42. The summed E-state index contributed by atoms with van der Waals surface area (Å²) in [5.41, 5.74) is 0.729. The first-order chi connectivity index (χ1) is 9.38. The van der Waals surface area contributed by atoms with E-state index in [0.29, 0.717) is 0 Å². The maximum absolute atomic E-state index is 11.6. The Morgan fingerprint density at radius 3 is 2.30 bits per heavy atom. The first-order valence-electron chi connectivity index (χ1n) is 6.42. The minimum Gasteiger partial charge on any atom is -0.508 e. The molecule has 0 aliphatic carbocycles. The quantitative estimate of drug-likeness (QED) is 0.583. The van der Waals surface area contributed by atoms with Crippen molar-refractivity contribution in [3.8, 4) is 5.75 Å². The van der Waals surface area contributed by atoms with Crippen molar-refractivity contribution in [2.45, 2.75) is 32.4 Å². The molecular weight excluding hydrogens is 260 g/mol. The molecule has 0 saturated carbocycles. The van der Waals surface area contributed by atoms with Crippen molar-refractivity contribution >= 4 is 11.9 Å². The van der Waals surface area contributed by atoms with Crippen LogP contribution < -0.4 is 10.6 Å². The van der Waals surface area contributed by atoms with E-state index < -0.39 is 12.0 Å². The monoisotopic (exact) mass is 280 g/mol. The summed E-state index contributed by atoms with van der Waals surface area (Å²) in [5.74, 6) is -1.33. The van der Waals surface area contributed by atoms with Crippen LogP contribution in [-0.2, 0) is 16.0 Å². The molecular formula is C14H20N2O4. The Bertz CT molecular complexity index is 457. The predicted molar refractivity (Wildman–Crippen MR) is 74.5 cm³/mol. The van der Waals surface area contributed by atoms with Gasteiger partial charge in [0.1, 0.15) is 11.8 Å². The van der Waals surface area contributed by atoms with Crippen molar-refractivity contribution in [1.82, 2.24) is 10.6 Å². The third-order valence-electron chi connectivity index (χ3n) is 2.68. The van der Waals surface area contributed by atoms with Crippen LogP contribution in [0.2, 0.25) is 0 Å². The van der Waals surface area contributed by atoms with Crippen LogP contribution in [0.15, 0.2) is 24.3 Å². The summed E-state index contributed by atoms with van der Waals surface area (Å²) < 4.78 is 0. The molecule has 0 fully saturated rings. The molecule has 1 rings (SSSR count). The Morgan fingerprint density at radius 1 is 1.20 bits per heavy atom. The van der Waals surface area contributed by atoms with Gasteiger partial charge in [-0.2, -0.15) is 0 Å². The van der Waals surface area contributed by atoms with E-state index in [0.717, 1.165) is 5.56 Å². The topological polar surface area (TPSA) is 98.7 Å². The number of amides is 1. The molecule has 1 aromatic carbocycles. The molecule has 1 atom stereocenters. The van der Waals surface area contributed by atoms with E-state index in [4.69, 9.17) is 5.11 Å². The second-order valence-corrected chi connectivity index (χ2v) is 4.86. The number of aromatic hydroxyl groups is 1. The highest BCUT2D eigenvalue weighted by atomic mass is 16.4. The molecule has 0 unspecified atom stereocenters. The summed E-state index contributed by atoms with van der Waals surface area (Å²) >= 11 is 0. The number of rotatable bonds is 7. The average Bonchev–Trinajstić information content (AvgIpc) is 2.38. The first kappa shape index (κ1) is 16.0. The smallest absolute Gasteiger partial charge is 0.326 e. The van der Waals surface area contributed by atoms with Crippen molar-refractivity contribution in [1.29, 1.82) is 0 Å². The third kappa shape index (κ3) is 5.71. The van der Waals surface area contributed by atoms with Crippen LogP contribution in [-0.4, -0.2) is 40.7 Å². The van der Waals surface area contributed by atoms with Gasteiger partial charge in [0.15, 0.2) is 0 Å². The molecule has 110 valence electrons. The molecule has 6 nitrogen and oxygen atoms in total. The van der Waals surface area contributed by atoms with Crippen molar-refractivity contribution < 1.29 is 19.8 Å². The van der Waals surface area contributed by atoms with Gasteiger partial charge in [-0.15, -0.1) is 0 Å². The van der Waals surface area contributed by atoms with Crippen molar-refractivity contribution in [2.24, 2.45) is 0 Å². The van der Waals surface area contributed by atoms with Crippen molar-refractivity contribution in [2.75, 3.05) is 6.54 Å². The zero-order valence-electron chi connectivity index (χ0n) is 11.6. The number of nitrogens with one attached hydrogen (secondary N) is 2. The van der Waals surface area contributed by atoms with Gasteiger partial charge in [0.25, 0.3) is 0 Å². The minimum atomic E-state index is -1.09. The van der Waals surface area contributed by atoms with Crippen LogP contribution in [0.25, 0.3) is 0 Å². The molecule has 0 bridgehead atoms. The Balaban J connectivity index is 2.58. The molecule has 0 aromatic heterocycles. The molecule has 1 amide bonds. The summed E-state index contributed by atoms with van der Waals surface area (Å²) in [6.07, 6.45) is 0.170. The highest BCUT2D eigenvalue weighted by Crippen LogP contribution is 2.11. The molecule has 0 saturated heterocycles. The average molecular weight is 280 g/mol. The van der Waals surface area contributed by atoms with Gasteiger partial charge in [0.05, 0.1) is 6.54 Å². The number of aliphatic carboxylic acids is 1. The minimum absolute atomic E-state index is 0.0804. The number of benzene rings is 1. The number of carbonyl (C=O) groups excluding carboxylic acids is 1. The van der Waals surface area contributed by atoms with E-state index in [1.807, 2.05) is 13.8 Å². The second kappa shape index (κ2) is 7.49. The van der Waals surface area contributed by atoms with E-state index in [1.165, 1.54) is 12.1 Å². The molecule has 0 aliphatic rings. The summed E-state index contributed by atoms with van der Waals surface area (Å²) in [7, 11) is 0. The van der Waals surface area contributed by atoms with Crippen LogP contribution in [0.3, 0.4) is 0 Å². The van der Waals surface area contributed by atoms with Gasteiger partial charge >= 0.3 is 5.97 Å². The SMILES string of the molecule is CC(C)NCC(=O)N[C@@H](Cc1ccc(O)cc1)C(=O)O. The number of carbonyl (C=O) groups is 2. The van der Waals surface area contributed by atoms with Crippen LogP contribution in [0.5, 0.6) is 5.75 Å². The maximum Gasteiger partial charge on any atom is 0.326 e. The second-order valence-electron chi connectivity index (χ2n) is 4.86. The van der Waals surface area contributed by atoms with Gasteiger partial charge in [-0.3, -0.25) is 4.79 Å². The van der Waals surface area contributed by atoms with Gasteiger partial charge in [0.2, 0.25) is 5.91 Å². The lowest BCUT2D eigenvalue weighted by atomic mass is 10.1. The molecule has 20 heavy (non-hydrogen) atoms.